The van der Waals surface area contributed by atoms with Gasteiger partial charge in [0.25, 0.3) is 0 Å². The predicted octanol–water partition coefficient (Wildman–Crippen LogP) is 10.0. The molecule has 1 aliphatic carbocycles. The van der Waals surface area contributed by atoms with Crippen molar-refractivity contribution >= 4 is 11.6 Å². The molecular formula is C37H25Cl. The van der Waals surface area contributed by atoms with Gasteiger partial charge in [-0.25, -0.2) is 0 Å². The van der Waals surface area contributed by atoms with Gasteiger partial charge in [-0.05, 0) is 67.8 Å². The third-order valence-corrected chi connectivity index (χ3v) is 8.09. The van der Waals surface area contributed by atoms with E-state index in [1.807, 2.05) is 18.2 Å². The van der Waals surface area contributed by atoms with Crippen LogP contribution >= 0.6 is 11.6 Å². The molecule has 0 aliphatic heterocycles. The Morgan fingerprint density at radius 3 is 1.37 bits per heavy atom. The number of benzene rings is 6. The molecule has 0 aromatic heterocycles. The van der Waals surface area contributed by atoms with E-state index < -0.39 is 5.41 Å². The molecule has 0 radical (unpaired) electrons. The second-order valence-corrected chi connectivity index (χ2v) is 10.3. The van der Waals surface area contributed by atoms with Crippen molar-refractivity contribution in [3.63, 3.8) is 0 Å². The minimum Gasteiger partial charge on any atom is -0.0843 e. The topological polar surface area (TPSA) is 0 Å². The summed E-state index contributed by atoms with van der Waals surface area (Å²) in [5.41, 5.74) is 12.1. The molecule has 0 bridgehead atoms. The SMILES string of the molecule is Clc1cccc(-c2ccc(C3(c4ccc(-c5ccccc5)cc4)c4ccccc4-c4ccccc43)cc2)c1. The molecule has 1 aliphatic rings. The van der Waals surface area contributed by atoms with Gasteiger partial charge >= 0.3 is 0 Å². The van der Waals surface area contributed by atoms with E-state index in [1.165, 1.54) is 44.5 Å². The van der Waals surface area contributed by atoms with E-state index in [4.69, 9.17) is 11.6 Å². The molecule has 0 amide bonds. The van der Waals surface area contributed by atoms with Gasteiger partial charge in [-0.15, -0.1) is 0 Å². The quantitative estimate of drug-likeness (QED) is 0.223. The van der Waals surface area contributed by atoms with Gasteiger partial charge in [0.15, 0.2) is 0 Å². The van der Waals surface area contributed by atoms with Crippen molar-refractivity contribution in [2.24, 2.45) is 0 Å². The number of fused-ring (bicyclic) bond motifs is 3. The Morgan fingerprint density at radius 1 is 0.368 bits per heavy atom. The highest BCUT2D eigenvalue weighted by Crippen LogP contribution is 2.56. The highest BCUT2D eigenvalue weighted by Gasteiger charge is 2.45. The first-order valence-electron chi connectivity index (χ1n) is 13.0. The number of halogens is 1. The van der Waals surface area contributed by atoms with Crippen LogP contribution in [0.4, 0.5) is 0 Å². The molecular weight excluding hydrogens is 480 g/mol. The minimum atomic E-state index is -0.407. The zero-order chi connectivity index (χ0) is 25.5. The molecule has 0 N–H and O–H groups in total. The Bertz CT molecular complexity index is 1700. The molecule has 0 spiro atoms. The zero-order valence-corrected chi connectivity index (χ0v) is 21.6. The van der Waals surface area contributed by atoms with Crippen molar-refractivity contribution in [2.75, 3.05) is 0 Å². The summed E-state index contributed by atoms with van der Waals surface area (Å²) in [6, 6.07) is 54.5. The average Bonchev–Trinajstić information content (AvgIpc) is 3.29. The molecule has 0 saturated carbocycles. The van der Waals surface area contributed by atoms with Crippen molar-refractivity contribution in [2.45, 2.75) is 5.41 Å². The minimum absolute atomic E-state index is 0.407. The maximum absolute atomic E-state index is 6.30. The van der Waals surface area contributed by atoms with Crippen molar-refractivity contribution in [1.82, 2.24) is 0 Å². The highest BCUT2D eigenvalue weighted by molar-refractivity contribution is 6.30. The summed E-state index contributed by atoms with van der Waals surface area (Å²) >= 11 is 6.30. The molecule has 0 unspecified atom stereocenters. The molecule has 6 aromatic rings. The van der Waals surface area contributed by atoms with E-state index in [-0.39, 0.29) is 0 Å². The summed E-state index contributed by atoms with van der Waals surface area (Å²) in [5, 5.41) is 0.750. The smallest absolute Gasteiger partial charge is 0.0713 e. The van der Waals surface area contributed by atoms with Crippen LogP contribution in [0.25, 0.3) is 33.4 Å². The van der Waals surface area contributed by atoms with Crippen molar-refractivity contribution in [1.29, 1.82) is 0 Å². The maximum Gasteiger partial charge on any atom is 0.0713 e. The van der Waals surface area contributed by atoms with E-state index in [0.29, 0.717) is 0 Å². The van der Waals surface area contributed by atoms with Crippen LogP contribution in [0.3, 0.4) is 0 Å². The van der Waals surface area contributed by atoms with Gasteiger partial charge < -0.3 is 0 Å². The van der Waals surface area contributed by atoms with E-state index in [1.54, 1.807) is 0 Å². The van der Waals surface area contributed by atoms with Crippen LogP contribution in [0.2, 0.25) is 5.02 Å². The lowest BCUT2D eigenvalue weighted by Gasteiger charge is -2.34. The molecule has 180 valence electrons. The average molecular weight is 505 g/mol. The summed E-state index contributed by atoms with van der Waals surface area (Å²) in [7, 11) is 0. The molecule has 7 rings (SSSR count). The fourth-order valence-electron chi connectivity index (χ4n) is 6.15. The van der Waals surface area contributed by atoms with Crippen LogP contribution in [-0.4, -0.2) is 0 Å². The van der Waals surface area contributed by atoms with Crippen LogP contribution in [-0.2, 0) is 5.41 Å². The van der Waals surface area contributed by atoms with Gasteiger partial charge in [-0.2, -0.15) is 0 Å². The fraction of sp³-hybridized carbons (Fsp3) is 0.0270. The van der Waals surface area contributed by atoms with Gasteiger partial charge in [0.05, 0.1) is 5.41 Å². The predicted molar refractivity (Wildman–Crippen MR) is 160 cm³/mol. The van der Waals surface area contributed by atoms with Crippen molar-refractivity contribution in [3.05, 3.63) is 179 Å². The Labute approximate surface area is 228 Å². The highest BCUT2D eigenvalue weighted by atomic mass is 35.5. The fourth-order valence-corrected chi connectivity index (χ4v) is 6.34. The maximum atomic E-state index is 6.30. The largest absolute Gasteiger partial charge is 0.0843 e. The van der Waals surface area contributed by atoms with Crippen molar-refractivity contribution in [3.8, 4) is 33.4 Å². The van der Waals surface area contributed by atoms with Crippen LogP contribution in [0.15, 0.2) is 152 Å². The van der Waals surface area contributed by atoms with E-state index in [9.17, 15) is 0 Å². The number of hydrogen-bond donors (Lipinski definition) is 0. The lowest BCUT2D eigenvalue weighted by molar-refractivity contribution is 0.769. The van der Waals surface area contributed by atoms with Crippen LogP contribution < -0.4 is 0 Å². The lowest BCUT2D eigenvalue weighted by atomic mass is 9.67. The molecule has 0 heterocycles. The molecule has 0 nitrogen and oxygen atoms in total. The molecule has 0 fully saturated rings. The van der Waals surface area contributed by atoms with Gasteiger partial charge in [-0.3, -0.25) is 0 Å². The van der Waals surface area contributed by atoms with E-state index in [0.717, 1.165) is 16.1 Å². The number of hydrogen-bond acceptors (Lipinski definition) is 0. The monoisotopic (exact) mass is 504 g/mol. The third kappa shape index (κ3) is 3.53. The first-order chi connectivity index (χ1) is 18.7. The Kier molecular flexibility index (Phi) is 5.50. The van der Waals surface area contributed by atoms with Gasteiger partial charge in [0, 0.05) is 5.02 Å². The third-order valence-electron chi connectivity index (χ3n) is 7.85. The number of rotatable bonds is 4. The molecule has 0 saturated heterocycles. The molecule has 1 heteroatoms. The second kappa shape index (κ2) is 9.17. The normalized spacial score (nSPS) is 13.1. The van der Waals surface area contributed by atoms with Crippen LogP contribution in [0.1, 0.15) is 22.3 Å². The zero-order valence-electron chi connectivity index (χ0n) is 20.8. The first kappa shape index (κ1) is 22.8. The van der Waals surface area contributed by atoms with Crippen molar-refractivity contribution < 1.29 is 0 Å². The summed E-state index contributed by atoms with van der Waals surface area (Å²) < 4.78 is 0. The summed E-state index contributed by atoms with van der Waals surface area (Å²) in [5.74, 6) is 0. The second-order valence-electron chi connectivity index (χ2n) is 9.87. The standard InChI is InChI=1S/C37H25Cl/c38-32-12-8-11-29(25-32)28-19-23-31(24-20-28)37(30-21-17-27(18-22-30)26-9-2-1-3-10-26)35-15-6-4-13-33(35)34-14-5-7-16-36(34)37/h1-25H. The summed E-state index contributed by atoms with van der Waals surface area (Å²) in [6.45, 7) is 0. The molecule has 0 atom stereocenters. The first-order valence-corrected chi connectivity index (χ1v) is 13.3. The van der Waals surface area contributed by atoms with Crippen LogP contribution in [0.5, 0.6) is 0 Å². The Balaban J connectivity index is 1.46. The Hall–Kier alpha value is -4.39. The van der Waals surface area contributed by atoms with Gasteiger partial charge in [-0.1, -0.05) is 151 Å². The van der Waals surface area contributed by atoms with Gasteiger partial charge in [0.2, 0.25) is 0 Å². The van der Waals surface area contributed by atoms with E-state index >= 15 is 0 Å². The summed E-state index contributed by atoms with van der Waals surface area (Å²) in [4.78, 5) is 0. The summed E-state index contributed by atoms with van der Waals surface area (Å²) in [6.07, 6.45) is 0. The van der Waals surface area contributed by atoms with E-state index in [2.05, 4.69) is 133 Å². The lowest BCUT2D eigenvalue weighted by Crippen LogP contribution is -2.28. The Morgan fingerprint density at radius 2 is 0.816 bits per heavy atom. The molecule has 38 heavy (non-hydrogen) atoms. The molecule has 6 aromatic carbocycles. The van der Waals surface area contributed by atoms with Gasteiger partial charge in [0.1, 0.15) is 0 Å². The van der Waals surface area contributed by atoms with Crippen LogP contribution in [0, 0.1) is 0 Å².